The summed E-state index contributed by atoms with van der Waals surface area (Å²) >= 11 is 0. The van der Waals surface area contributed by atoms with Crippen molar-refractivity contribution in [2.75, 3.05) is 6.61 Å². The number of ether oxygens (including phenoxy) is 1. The Morgan fingerprint density at radius 2 is 2.00 bits per heavy atom. The molecule has 1 rings (SSSR count). The third kappa shape index (κ3) is 1.37. The van der Waals surface area contributed by atoms with Crippen molar-refractivity contribution < 1.29 is 20.1 Å². The minimum atomic E-state index is -1.09. The molecule has 11 heavy (non-hydrogen) atoms. The van der Waals surface area contributed by atoms with Crippen LogP contribution in [0.25, 0.3) is 0 Å². The maximum atomic E-state index is 9.13. The summed E-state index contributed by atoms with van der Waals surface area (Å²) in [5.41, 5.74) is 0. The SMILES string of the molecule is C#C[C@H]1O[C@H](CO)[C@@H](O)[C@H]1O. The van der Waals surface area contributed by atoms with Crippen molar-refractivity contribution in [3.8, 4) is 12.3 Å². The van der Waals surface area contributed by atoms with E-state index in [2.05, 4.69) is 5.92 Å². The van der Waals surface area contributed by atoms with Gasteiger partial charge in [0.1, 0.15) is 24.4 Å². The van der Waals surface area contributed by atoms with E-state index in [-0.39, 0.29) is 6.61 Å². The van der Waals surface area contributed by atoms with Gasteiger partial charge in [-0.05, 0) is 0 Å². The zero-order valence-corrected chi connectivity index (χ0v) is 5.84. The smallest absolute Gasteiger partial charge is 0.146 e. The zero-order chi connectivity index (χ0) is 8.43. The van der Waals surface area contributed by atoms with Crippen LogP contribution in [0.1, 0.15) is 0 Å². The van der Waals surface area contributed by atoms with E-state index in [1.165, 1.54) is 0 Å². The second kappa shape index (κ2) is 3.20. The molecule has 4 nitrogen and oxygen atoms in total. The van der Waals surface area contributed by atoms with Crippen molar-refractivity contribution in [1.29, 1.82) is 0 Å². The Hall–Kier alpha value is -0.600. The summed E-state index contributed by atoms with van der Waals surface area (Å²) in [7, 11) is 0. The van der Waals surface area contributed by atoms with Crippen molar-refractivity contribution in [1.82, 2.24) is 0 Å². The molecule has 0 aromatic rings. The lowest BCUT2D eigenvalue weighted by Crippen LogP contribution is -2.33. The van der Waals surface area contributed by atoms with Crippen LogP contribution in [0.2, 0.25) is 0 Å². The molecule has 1 fully saturated rings. The summed E-state index contributed by atoms with van der Waals surface area (Å²) in [6.45, 7) is -0.337. The lowest BCUT2D eigenvalue weighted by molar-refractivity contribution is -0.0110. The Balaban J connectivity index is 2.62. The standard InChI is InChI=1S/C7H10O4/c1-2-4-6(9)7(10)5(3-8)11-4/h1,4-10H,3H2/t4-,5-,6+,7-/m1/s1. The molecule has 0 radical (unpaired) electrons. The van der Waals surface area contributed by atoms with Crippen LogP contribution in [0, 0.1) is 12.3 Å². The highest BCUT2D eigenvalue weighted by atomic mass is 16.6. The first-order valence-electron chi connectivity index (χ1n) is 3.29. The fourth-order valence-corrected chi connectivity index (χ4v) is 1.04. The van der Waals surface area contributed by atoms with E-state index in [4.69, 9.17) is 26.5 Å². The Bertz CT molecular complexity index is 174. The molecule has 0 saturated carbocycles. The maximum absolute atomic E-state index is 9.13. The number of hydrogen-bond donors (Lipinski definition) is 3. The van der Waals surface area contributed by atoms with Crippen LogP contribution in [-0.4, -0.2) is 46.3 Å². The van der Waals surface area contributed by atoms with E-state index in [0.717, 1.165) is 0 Å². The van der Waals surface area contributed by atoms with Crippen LogP contribution in [0.15, 0.2) is 0 Å². The van der Waals surface area contributed by atoms with Crippen molar-refractivity contribution in [3.05, 3.63) is 0 Å². The Labute approximate surface area is 64.4 Å². The molecule has 3 N–H and O–H groups in total. The molecule has 1 heterocycles. The summed E-state index contributed by atoms with van der Waals surface area (Å²) in [6, 6.07) is 0. The number of hydrogen-bond acceptors (Lipinski definition) is 4. The van der Waals surface area contributed by atoms with Gasteiger partial charge in [-0.15, -0.1) is 6.42 Å². The van der Waals surface area contributed by atoms with Crippen LogP contribution in [0.4, 0.5) is 0 Å². The van der Waals surface area contributed by atoms with Crippen LogP contribution in [0.3, 0.4) is 0 Å². The molecule has 0 bridgehead atoms. The van der Waals surface area contributed by atoms with E-state index in [1.54, 1.807) is 0 Å². The second-order valence-corrected chi connectivity index (χ2v) is 2.43. The summed E-state index contributed by atoms with van der Waals surface area (Å²) in [6.07, 6.45) is 1.25. The van der Waals surface area contributed by atoms with Crippen molar-refractivity contribution in [3.63, 3.8) is 0 Å². The molecule has 0 aromatic heterocycles. The zero-order valence-electron chi connectivity index (χ0n) is 5.84. The van der Waals surface area contributed by atoms with Crippen molar-refractivity contribution >= 4 is 0 Å². The van der Waals surface area contributed by atoms with Gasteiger partial charge in [0.15, 0.2) is 0 Å². The first-order valence-corrected chi connectivity index (χ1v) is 3.29. The van der Waals surface area contributed by atoms with Gasteiger partial charge in [-0.25, -0.2) is 0 Å². The van der Waals surface area contributed by atoms with E-state index < -0.39 is 24.4 Å². The number of terminal acetylenes is 1. The predicted molar refractivity (Wildman–Crippen MR) is 36.6 cm³/mol. The van der Waals surface area contributed by atoms with Crippen molar-refractivity contribution in [2.24, 2.45) is 0 Å². The van der Waals surface area contributed by atoms with E-state index in [1.807, 2.05) is 0 Å². The molecular formula is C7H10O4. The molecule has 1 saturated heterocycles. The van der Waals surface area contributed by atoms with Crippen molar-refractivity contribution in [2.45, 2.75) is 24.4 Å². The van der Waals surface area contributed by atoms with Crippen LogP contribution in [0.5, 0.6) is 0 Å². The van der Waals surface area contributed by atoms with Gasteiger partial charge in [-0.3, -0.25) is 0 Å². The first-order chi connectivity index (χ1) is 5.20. The largest absolute Gasteiger partial charge is 0.394 e. The quantitative estimate of drug-likeness (QED) is 0.390. The molecular weight excluding hydrogens is 148 g/mol. The molecule has 0 spiro atoms. The summed E-state index contributed by atoms with van der Waals surface area (Å²) < 4.78 is 4.90. The van der Waals surface area contributed by atoms with Gasteiger partial charge in [-0.2, -0.15) is 0 Å². The number of aliphatic hydroxyl groups excluding tert-OH is 3. The lowest BCUT2D eigenvalue weighted by atomic mass is 10.1. The summed E-state index contributed by atoms with van der Waals surface area (Å²) in [5.74, 6) is 2.17. The molecule has 0 aromatic carbocycles. The minimum Gasteiger partial charge on any atom is -0.394 e. The van der Waals surface area contributed by atoms with Gasteiger partial charge in [0.2, 0.25) is 0 Å². The van der Waals surface area contributed by atoms with Gasteiger partial charge in [0, 0.05) is 0 Å². The van der Waals surface area contributed by atoms with Gasteiger partial charge in [-0.1, -0.05) is 5.92 Å². The molecule has 1 aliphatic heterocycles. The third-order valence-electron chi connectivity index (χ3n) is 1.71. The van der Waals surface area contributed by atoms with Gasteiger partial charge in [0.05, 0.1) is 6.61 Å². The predicted octanol–water partition coefficient (Wildman–Crippen LogP) is -1.90. The van der Waals surface area contributed by atoms with Crippen LogP contribution < -0.4 is 0 Å². The van der Waals surface area contributed by atoms with Gasteiger partial charge < -0.3 is 20.1 Å². The summed E-state index contributed by atoms with van der Waals surface area (Å²) in [5, 5.41) is 26.9. The monoisotopic (exact) mass is 158 g/mol. The minimum absolute atomic E-state index is 0.337. The molecule has 0 amide bonds. The molecule has 0 aliphatic carbocycles. The molecule has 62 valence electrons. The van der Waals surface area contributed by atoms with Gasteiger partial charge >= 0.3 is 0 Å². The maximum Gasteiger partial charge on any atom is 0.146 e. The first kappa shape index (κ1) is 8.50. The molecule has 4 atom stereocenters. The number of rotatable bonds is 1. The Kier molecular flexibility index (Phi) is 2.47. The highest BCUT2D eigenvalue weighted by Gasteiger charge is 2.41. The Morgan fingerprint density at radius 1 is 1.36 bits per heavy atom. The van der Waals surface area contributed by atoms with E-state index in [9.17, 15) is 0 Å². The third-order valence-corrected chi connectivity index (χ3v) is 1.71. The van der Waals surface area contributed by atoms with E-state index in [0.29, 0.717) is 0 Å². The average molecular weight is 158 g/mol. The highest BCUT2D eigenvalue weighted by Crippen LogP contribution is 2.19. The van der Waals surface area contributed by atoms with E-state index >= 15 is 0 Å². The average Bonchev–Trinajstić information content (AvgIpc) is 2.30. The molecule has 4 heteroatoms. The topological polar surface area (TPSA) is 69.9 Å². The second-order valence-electron chi connectivity index (χ2n) is 2.43. The Morgan fingerprint density at radius 3 is 2.27 bits per heavy atom. The van der Waals surface area contributed by atoms with Crippen LogP contribution >= 0.6 is 0 Å². The fourth-order valence-electron chi connectivity index (χ4n) is 1.04. The van der Waals surface area contributed by atoms with Gasteiger partial charge in [0.25, 0.3) is 0 Å². The summed E-state index contributed by atoms with van der Waals surface area (Å²) in [4.78, 5) is 0. The lowest BCUT2D eigenvalue weighted by Gasteiger charge is -2.09. The molecule has 1 aliphatic rings. The normalized spacial score (nSPS) is 43.8. The van der Waals surface area contributed by atoms with Crippen LogP contribution in [-0.2, 0) is 4.74 Å². The number of aliphatic hydroxyl groups is 3. The highest BCUT2D eigenvalue weighted by molar-refractivity contribution is 5.06. The fraction of sp³-hybridized carbons (Fsp3) is 0.714. The molecule has 0 unspecified atom stereocenters.